The average molecular weight is 268 g/mol. The smallest absolute Gasteiger partial charge is 0.220 e. The summed E-state index contributed by atoms with van der Waals surface area (Å²) in [6, 6.07) is 0.305. The number of nitrogens with one attached hydrogen (secondary N) is 1. The second kappa shape index (κ2) is 9.64. The fourth-order valence-electron chi connectivity index (χ4n) is 2.59. The number of hydrogen-bond acceptors (Lipinski definition) is 3. The van der Waals surface area contributed by atoms with Crippen LogP contribution in [0, 0.1) is 5.92 Å². The van der Waals surface area contributed by atoms with Gasteiger partial charge in [0.1, 0.15) is 0 Å². The molecule has 1 fully saturated rings. The molecule has 0 heterocycles. The van der Waals surface area contributed by atoms with E-state index in [1.807, 2.05) is 0 Å². The number of unbranched alkanes of at least 4 members (excludes halogenated alkanes) is 1. The summed E-state index contributed by atoms with van der Waals surface area (Å²) in [6.45, 7) is 0.739. The molecule has 108 valence electrons. The standard InChI is InChI=1S/C13H24N4O2/c14-17-15-9-2-1-3-13(19)16-12-6-4-11(5-7-12)8-10-18/h11-12,18H,1-10H2,(H,16,19). The average Bonchev–Trinajstić information content (AvgIpc) is 2.41. The van der Waals surface area contributed by atoms with Gasteiger partial charge in [0.15, 0.2) is 0 Å². The molecule has 1 aliphatic rings. The van der Waals surface area contributed by atoms with Crippen LogP contribution in [0.3, 0.4) is 0 Å². The molecular weight excluding hydrogens is 244 g/mol. The summed E-state index contributed by atoms with van der Waals surface area (Å²) >= 11 is 0. The van der Waals surface area contributed by atoms with E-state index in [0.29, 0.717) is 24.9 Å². The van der Waals surface area contributed by atoms with E-state index in [1.165, 1.54) is 0 Å². The Morgan fingerprint density at radius 2 is 2.05 bits per heavy atom. The molecule has 0 radical (unpaired) electrons. The Labute approximate surface area is 114 Å². The van der Waals surface area contributed by atoms with Gasteiger partial charge in [-0.1, -0.05) is 5.11 Å². The minimum absolute atomic E-state index is 0.103. The molecule has 0 aromatic carbocycles. The van der Waals surface area contributed by atoms with Gasteiger partial charge in [0.25, 0.3) is 0 Å². The van der Waals surface area contributed by atoms with Crippen molar-refractivity contribution in [2.24, 2.45) is 11.0 Å². The number of carbonyl (C=O) groups is 1. The van der Waals surface area contributed by atoms with Crippen LogP contribution in [0.5, 0.6) is 0 Å². The largest absolute Gasteiger partial charge is 0.396 e. The molecule has 1 aliphatic carbocycles. The molecule has 1 rings (SSSR count). The van der Waals surface area contributed by atoms with E-state index in [2.05, 4.69) is 15.3 Å². The number of azide groups is 1. The summed E-state index contributed by atoms with van der Waals surface area (Å²) in [5.41, 5.74) is 8.11. The maximum Gasteiger partial charge on any atom is 0.220 e. The number of carbonyl (C=O) groups excluding carboxylic acids is 1. The molecule has 0 unspecified atom stereocenters. The molecule has 6 heteroatoms. The maximum atomic E-state index is 11.7. The molecule has 1 saturated carbocycles. The van der Waals surface area contributed by atoms with Crippen LogP contribution in [0.25, 0.3) is 10.4 Å². The van der Waals surface area contributed by atoms with E-state index in [0.717, 1.165) is 44.9 Å². The van der Waals surface area contributed by atoms with Gasteiger partial charge in [-0.3, -0.25) is 4.79 Å². The first-order valence-electron chi connectivity index (χ1n) is 7.17. The SMILES string of the molecule is [N-]=[N+]=NCCCCC(=O)NC1CCC(CCO)CC1. The molecule has 6 nitrogen and oxygen atoms in total. The molecule has 1 amide bonds. The zero-order valence-electron chi connectivity index (χ0n) is 11.4. The molecule has 0 aromatic heterocycles. The van der Waals surface area contributed by atoms with Crippen molar-refractivity contribution in [1.29, 1.82) is 0 Å². The molecule has 0 atom stereocenters. The van der Waals surface area contributed by atoms with Gasteiger partial charge in [0.05, 0.1) is 0 Å². The lowest BCUT2D eigenvalue weighted by Gasteiger charge is -2.28. The summed E-state index contributed by atoms with van der Waals surface area (Å²) < 4.78 is 0. The van der Waals surface area contributed by atoms with E-state index >= 15 is 0 Å². The number of rotatable bonds is 8. The highest BCUT2D eigenvalue weighted by Crippen LogP contribution is 2.26. The predicted molar refractivity (Wildman–Crippen MR) is 73.5 cm³/mol. The molecular formula is C13H24N4O2. The Morgan fingerprint density at radius 3 is 2.68 bits per heavy atom. The first kappa shape index (κ1) is 15.8. The highest BCUT2D eigenvalue weighted by molar-refractivity contribution is 5.76. The van der Waals surface area contributed by atoms with Gasteiger partial charge in [0, 0.05) is 30.5 Å². The third kappa shape index (κ3) is 7.03. The van der Waals surface area contributed by atoms with Crippen LogP contribution >= 0.6 is 0 Å². The maximum absolute atomic E-state index is 11.7. The minimum Gasteiger partial charge on any atom is -0.396 e. The quantitative estimate of drug-likeness (QED) is 0.306. The summed E-state index contributed by atoms with van der Waals surface area (Å²) in [6.07, 6.45) is 7.18. The predicted octanol–water partition coefficient (Wildman–Crippen LogP) is 2.52. The lowest BCUT2D eigenvalue weighted by atomic mass is 9.84. The lowest BCUT2D eigenvalue weighted by molar-refractivity contribution is -0.122. The van der Waals surface area contributed by atoms with E-state index in [9.17, 15) is 4.79 Å². The first-order valence-corrected chi connectivity index (χ1v) is 7.17. The summed E-state index contributed by atoms with van der Waals surface area (Å²) in [5, 5.41) is 15.4. The van der Waals surface area contributed by atoms with E-state index < -0.39 is 0 Å². The first-order chi connectivity index (χ1) is 9.26. The van der Waals surface area contributed by atoms with Gasteiger partial charge >= 0.3 is 0 Å². The zero-order chi connectivity index (χ0) is 13.9. The summed E-state index contributed by atoms with van der Waals surface area (Å²) in [5.74, 6) is 0.730. The van der Waals surface area contributed by atoms with Crippen LogP contribution in [-0.2, 0) is 4.79 Å². The molecule has 0 saturated heterocycles. The molecule has 0 aliphatic heterocycles. The monoisotopic (exact) mass is 268 g/mol. The van der Waals surface area contributed by atoms with Crippen molar-refractivity contribution >= 4 is 5.91 Å². The Balaban J connectivity index is 2.08. The van der Waals surface area contributed by atoms with Crippen molar-refractivity contribution in [2.75, 3.05) is 13.2 Å². The van der Waals surface area contributed by atoms with Crippen molar-refractivity contribution < 1.29 is 9.90 Å². The van der Waals surface area contributed by atoms with Crippen molar-refractivity contribution in [2.45, 2.75) is 57.4 Å². The van der Waals surface area contributed by atoms with Crippen LogP contribution in [0.15, 0.2) is 5.11 Å². The molecule has 2 N–H and O–H groups in total. The van der Waals surface area contributed by atoms with Gasteiger partial charge in [0.2, 0.25) is 5.91 Å². The van der Waals surface area contributed by atoms with Crippen LogP contribution in [0.4, 0.5) is 0 Å². The van der Waals surface area contributed by atoms with Gasteiger partial charge in [-0.15, -0.1) is 0 Å². The fraction of sp³-hybridized carbons (Fsp3) is 0.923. The Morgan fingerprint density at radius 1 is 1.32 bits per heavy atom. The normalized spacial score (nSPS) is 22.6. The Hall–Kier alpha value is -1.26. The van der Waals surface area contributed by atoms with Crippen molar-refractivity contribution in [3.63, 3.8) is 0 Å². The fourth-order valence-corrected chi connectivity index (χ4v) is 2.59. The van der Waals surface area contributed by atoms with Crippen LogP contribution < -0.4 is 5.32 Å². The van der Waals surface area contributed by atoms with Crippen LogP contribution in [0.2, 0.25) is 0 Å². The van der Waals surface area contributed by atoms with E-state index in [-0.39, 0.29) is 12.5 Å². The summed E-state index contributed by atoms with van der Waals surface area (Å²) in [7, 11) is 0. The second-order valence-corrected chi connectivity index (χ2v) is 5.21. The molecule has 0 aromatic rings. The van der Waals surface area contributed by atoms with Gasteiger partial charge in [-0.25, -0.2) is 0 Å². The molecule has 19 heavy (non-hydrogen) atoms. The number of aliphatic hydroxyl groups is 1. The topological polar surface area (TPSA) is 98.1 Å². The van der Waals surface area contributed by atoms with E-state index in [1.54, 1.807) is 0 Å². The summed E-state index contributed by atoms with van der Waals surface area (Å²) in [4.78, 5) is 14.4. The van der Waals surface area contributed by atoms with Gasteiger partial charge < -0.3 is 10.4 Å². The van der Waals surface area contributed by atoms with Gasteiger partial charge in [-0.05, 0) is 56.4 Å². The van der Waals surface area contributed by atoms with Crippen LogP contribution in [-0.4, -0.2) is 30.2 Å². The number of aliphatic hydroxyl groups excluding tert-OH is 1. The lowest BCUT2D eigenvalue weighted by Crippen LogP contribution is -2.37. The number of hydrogen-bond donors (Lipinski definition) is 2. The van der Waals surface area contributed by atoms with Gasteiger partial charge in [-0.2, -0.15) is 0 Å². The third-order valence-electron chi connectivity index (χ3n) is 3.72. The highest BCUT2D eigenvalue weighted by atomic mass is 16.3. The number of nitrogens with zero attached hydrogens (tertiary/aromatic N) is 3. The van der Waals surface area contributed by atoms with E-state index in [4.69, 9.17) is 10.6 Å². The molecule has 0 spiro atoms. The molecule has 0 bridgehead atoms. The Bertz CT molecular complexity index is 308. The second-order valence-electron chi connectivity index (χ2n) is 5.21. The third-order valence-corrected chi connectivity index (χ3v) is 3.72. The Kier molecular flexibility index (Phi) is 8.02. The highest BCUT2D eigenvalue weighted by Gasteiger charge is 2.21. The van der Waals surface area contributed by atoms with Crippen molar-refractivity contribution in [3.8, 4) is 0 Å². The minimum atomic E-state index is 0.103. The van der Waals surface area contributed by atoms with Crippen molar-refractivity contribution in [1.82, 2.24) is 5.32 Å². The van der Waals surface area contributed by atoms with Crippen LogP contribution in [0.1, 0.15) is 51.4 Å². The number of amides is 1. The van der Waals surface area contributed by atoms with Crippen molar-refractivity contribution in [3.05, 3.63) is 10.4 Å². The zero-order valence-corrected chi connectivity index (χ0v) is 11.4.